The zero-order chi connectivity index (χ0) is 18.6. The normalized spacial score (nSPS) is 10.0. The molecule has 0 heterocycles. The molecule has 0 aromatic heterocycles. The lowest BCUT2D eigenvalue weighted by Gasteiger charge is -2.13. The minimum absolute atomic E-state index is 0.144. The molecule has 0 saturated heterocycles. The van der Waals surface area contributed by atoms with E-state index in [0.717, 1.165) is 24.3 Å². The molecule has 1 amide bonds. The molecule has 2 rings (SSSR count). The third kappa shape index (κ3) is 6.51. The number of hydrogen-bond donors (Lipinski definition) is 2. The first-order valence-electron chi connectivity index (χ1n) is 8.82. The Morgan fingerprint density at radius 2 is 2.00 bits per heavy atom. The molecule has 0 unspecified atom stereocenters. The van der Waals surface area contributed by atoms with Gasteiger partial charge in [-0.15, -0.1) is 0 Å². The minimum Gasteiger partial charge on any atom is -0.491 e. The van der Waals surface area contributed by atoms with Crippen LogP contribution in [0.4, 0.5) is 11.4 Å². The van der Waals surface area contributed by atoms with Crippen LogP contribution < -0.4 is 20.1 Å². The molecule has 0 atom stereocenters. The van der Waals surface area contributed by atoms with Crippen molar-refractivity contribution in [2.24, 2.45) is 0 Å². The van der Waals surface area contributed by atoms with E-state index in [2.05, 4.69) is 24.1 Å². The predicted molar refractivity (Wildman–Crippen MR) is 106 cm³/mol. The van der Waals surface area contributed by atoms with Crippen LogP contribution >= 0.6 is 0 Å². The van der Waals surface area contributed by atoms with Crippen molar-refractivity contribution in [3.05, 3.63) is 61.2 Å². The SMILES string of the molecule is C=CCOc1cccc(NC(=O)CNc2ccccc2OCCCC)c1. The molecule has 0 aliphatic carbocycles. The quantitative estimate of drug-likeness (QED) is 0.461. The molecule has 0 aliphatic heterocycles. The number of hydrogen-bond acceptors (Lipinski definition) is 4. The van der Waals surface area contributed by atoms with Crippen LogP contribution in [0.25, 0.3) is 0 Å². The van der Waals surface area contributed by atoms with Crippen LogP contribution in [0.3, 0.4) is 0 Å². The fourth-order valence-electron chi connectivity index (χ4n) is 2.26. The fraction of sp³-hybridized carbons (Fsp3) is 0.286. The van der Waals surface area contributed by atoms with Crippen LogP contribution in [-0.2, 0) is 4.79 Å². The Hall–Kier alpha value is -2.95. The standard InChI is InChI=1S/C21H26N2O3/c1-3-5-14-26-20-12-7-6-11-19(20)22-16-21(24)23-17-9-8-10-18(15-17)25-13-4-2/h4,6-12,15,22H,2-3,5,13-14,16H2,1H3,(H,23,24). The highest BCUT2D eigenvalue weighted by Gasteiger charge is 2.07. The van der Waals surface area contributed by atoms with Gasteiger partial charge in [0.1, 0.15) is 18.1 Å². The third-order valence-electron chi connectivity index (χ3n) is 3.57. The number of benzene rings is 2. The van der Waals surface area contributed by atoms with Crippen molar-refractivity contribution >= 4 is 17.3 Å². The smallest absolute Gasteiger partial charge is 0.243 e. The van der Waals surface area contributed by atoms with E-state index in [1.54, 1.807) is 12.1 Å². The van der Waals surface area contributed by atoms with Crippen LogP contribution in [0.15, 0.2) is 61.2 Å². The third-order valence-corrected chi connectivity index (χ3v) is 3.57. The molecular formula is C21H26N2O3. The lowest BCUT2D eigenvalue weighted by atomic mass is 10.2. The maximum absolute atomic E-state index is 12.2. The van der Waals surface area contributed by atoms with Crippen molar-refractivity contribution in [1.82, 2.24) is 0 Å². The van der Waals surface area contributed by atoms with Crippen molar-refractivity contribution in [3.63, 3.8) is 0 Å². The molecule has 5 nitrogen and oxygen atoms in total. The van der Waals surface area contributed by atoms with Gasteiger partial charge in [-0.1, -0.05) is 44.2 Å². The largest absolute Gasteiger partial charge is 0.491 e. The van der Waals surface area contributed by atoms with Crippen LogP contribution in [-0.4, -0.2) is 25.7 Å². The summed E-state index contributed by atoms with van der Waals surface area (Å²) in [4.78, 5) is 12.2. The van der Waals surface area contributed by atoms with E-state index in [4.69, 9.17) is 9.47 Å². The summed E-state index contributed by atoms with van der Waals surface area (Å²) in [5.74, 6) is 1.30. The molecule has 26 heavy (non-hydrogen) atoms. The number of nitrogens with one attached hydrogen (secondary N) is 2. The number of rotatable bonds is 11. The summed E-state index contributed by atoms with van der Waals surface area (Å²) in [6.07, 6.45) is 3.75. The van der Waals surface area contributed by atoms with Crippen molar-refractivity contribution in [1.29, 1.82) is 0 Å². The zero-order valence-electron chi connectivity index (χ0n) is 15.2. The molecule has 5 heteroatoms. The second-order valence-electron chi connectivity index (χ2n) is 5.73. The highest BCUT2D eigenvalue weighted by Crippen LogP contribution is 2.24. The zero-order valence-corrected chi connectivity index (χ0v) is 15.2. The first-order valence-corrected chi connectivity index (χ1v) is 8.82. The van der Waals surface area contributed by atoms with Crippen LogP contribution in [0.5, 0.6) is 11.5 Å². The van der Waals surface area contributed by atoms with Gasteiger partial charge in [-0.05, 0) is 30.7 Å². The molecule has 0 aliphatic rings. The van der Waals surface area contributed by atoms with Gasteiger partial charge in [-0.3, -0.25) is 4.79 Å². The molecule has 0 spiro atoms. The Kier molecular flexibility index (Phi) is 8.06. The molecular weight excluding hydrogens is 328 g/mol. The van der Waals surface area contributed by atoms with Gasteiger partial charge in [-0.2, -0.15) is 0 Å². The number of carbonyl (C=O) groups excluding carboxylic acids is 1. The van der Waals surface area contributed by atoms with E-state index in [-0.39, 0.29) is 12.5 Å². The van der Waals surface area contributed by atoms with Crippen LogP contribution in [0, 0.1) is 0 Å². The van der Waals surface area contributed by atoms with Crippen LogP contribution in [0.2, 0.25) is 0 Å². The van der Waals surface area contributed by atoms with Gasteiger partial charge in [0.2, 0.25) is 5.91 Å². The Labute approximate surface area is 155 Å². The number of unbranched alkanes of at least 4 members (excludes halogenated alkanes) is 1. The van der Waals surface area contributed by atoms with Crippen molar-refractivity contribution < 1.29 is 14.3 Å². The van der Waals surface area contributed by atoms with Crippen molar-refractivity contribution in [2.45, 2.75) is 19.8 Å². The first kappa shape index (κ1) is 19.4. The van der Waals surface area contributed by atoms with E-state index in [9.17, 15) is 4.79 Å². The Morgan fingerprint density at radius 3 is 2.81 bits per heavy atom. The van der Waals surface area contributed by atoms with Crippen molar-refractivity contribution in [2.75, 3.05) is 30.4 Å². The average Bonchev–Trinajstić information content (AvgIpc) is 2.66. The van der Waals surface area contributed by atoms with Crippen molar-refractivity contribution in [3.8, 4) is 11.5 Å². The molecule has 0 saturated carbocycles. The van der Waals surface area contributed by atoms with E-state index in [0.29, 0.717) is 24.7 Å². The van der Waals surface area contributed by atoms with Gasteiger partial charge >= 0.3 is 0 Å². The van der Waals surface area contributed by atoms with E-state index >= 15 is 0 Å². The Morgan fingerprint density at radius 1 is 1.15 bits per heavy atom. The van der Waals surface area contributed by atoms with E-state index < -0.39 is 0 Å². The first-order chi connectivity index (χ1) is 12.7. The average molecular weight is 354 g/mol. The minimum atomic E-state index is -0.144. The summed E-state index contributed by atoms with van der Waals surface area (Å²) in [5, 5.41) is 5.98. The number of carbonyl (C=O) groups is 1. The lowest BCUT2D eigenvalue weighted by molar-refractivity contribution is -0.114. The van der Waals surface area contributed by atoms with Gasteiger partial charge in [0.05, 0.1) is 18.8 Å². The van der Waals surface area contributed by atoms with Gasteiger partial charge in [0.25, 0.3) is 0 Å². The lowest BCUT2D eigenvalue weighted by Crippen LogP contribution is -2.22. The van der Waals surface area contributed by atoms with E-state index in [1.165, 1.54) is 0 Å². The number of amides is 1. The molecule has 2 aromatic carbocycles. The molecule has 0 fully saturated rings. The Bertz CT molecular complexity index is 716. The highest BCUT2D eigenvalue weighted by atomic mass is 16.5. The summed E-state index contributed by atoms with van der Waals surface area (Å²) in [6.45, 7) is 6.97. The topological polar surface area (TPSA) is 59.6 Å². The van der Waals surface area contributed by atoms with Gasteiger partial charge in [-0.25, -0.2) is 0 Å². The molecule has 0 bridgehead atoms. The second kappa shape index (κ2) is 10.8. The van der Waals surface area contributed by atoms with Gasteiger partial charge in [0, 0.05) is 11.8 Å². The number of anilines is 2. The monoisotopic (exact) mass is 354 g/mol. The summed E-state index contributed by atoms with van der Waals surface area (Å²) in [7, 11) is 0. The highest BCUT2D eigenvalue weighted by molar-refractivity contribution is 5.94. The second-order valence-corrected chi connectivity index (χ2v) is 5.73. The van der Waals surface area contributed by atoms with Crippen LogP contribution in [0.1, 0.15) is 19.8 Å². The maximum Gasteiger partial charge on any atom is 0.243 e. The molecule has 138 valence electrons. The molecule has 0 radical (unpaired) electrons. The molecule has 2 aromatic rings. The van der Waals surface area contributed by atoms with Gasteiger partial charge in [0.15, 0.2) is 0 Å². The van der Waals surface area contributed by atoms with Gasteiger partial charge < -0.3 is 20.1 Å². The number of para-hydroxylation sites is 2. The molecule has 2 N–H and O–H groups in total. The summed E-state index contributed by atoms with van der Waals surface area (Å²) >= 11 is 0. The summed E-state index contributed by atoms with van der Waals surface area (Å²) in [5.41, 5.74) is 1.49. The number of ether oxygens (including phenoxy) is 2. The Balaban J connectivity index is 1.88. The summed E-state index contributed by atoms with van der Waals surface area (Å²) in [6, 6.07) is 14.9. The maximum atomic E-state index is 12.2. The predicted octanol–water partition coefficient (Wildman–Crippen LogP) is 4.48. The fourth-order valence-corrected chi connectivity index (χ4v) is 2.26. The summed E-state index contributed by atoms with van der Waals surface area (Å²) < 4.78 is 11.2. The van der Waals surface area contributed by atoms with E-state index in [1.807, 2.05) is 42.5 Å².